The molecular weight excluding hydrogens is 364 g/mol. The molecule has 0 unspecified atom stereocenters. The van der Waals surface area contributed by atoms with E-state index in [0.717, 1.165) is 63.0 Å². The van der Waals surface area contributed by atoms with Gasteiger partial charge in [-0.2, -0.15) is 0 Å². The first-order valence-electron chi connectivity index (χ1n) is 9.51. The molecule has 1 saturated heterocycles. The van der Waals surface area contributed by atoms with Crippen LogP contribution in [-0.4, -0.2) is 39.4 Å². The van der Waals surface area contributed by atoms with Crippen molar-refractivity contribution in [3.05, 3.63) is 46.0 Å². The molecule has 0 spiro atoms. The number of hydrogen-bond acceptors (Lipinski definition) is 3. The first-order valence-corrected chi connectivity index (χ1v) is 9.88. The molecule has 3 heterocycles. The van der Waals surface area contributed by atoms with E-state index in [1.807, 2.05) is 16.4 Å². The number of nitrogens with zero attached hydrogens (tertiary/aromatic N) is 3. The number of likely N-dealkylation sites (tertiary alicyclic amines) is 1. The summed E-state index contributed by atoms with van der Waals surface area (Å²) in [5, 5.41) is 3.55. The number of aromatic nitrogens is 2. The molecule has 2 aliphatic rings. The summed E-state index contributed by atoms with van der Waals surface area (Å²) < 4.78 is 1.92. The van der Waals surface area contributed by atoms with E-state index < -0.39 is 0 Å². The second-order valence-electron chi connectivity index (χ2n) is 7.25. The van der Waals surface area contributed by atoms with Gasteiger partial charge < -0.3 is 14.8 Å². The quantitative estimate of drug-likeness (QED) is 0.875. The van der Waals surface area contributed by atoms with Crippen LogP contribution in [0.3, 0.4) is 0 Å². The van der Waals surface area contributed by atoms with E-state index in [4.69, 9.17) is 11.6 Å². The van der Waals surface area contributed by atoms with Gasteiger partial charge in [0.1, 0.15) is 5.69 Å². The zero-order valence-electron chi connectivity index (χ0n) is 15.4. The summed E-state index contributed by atoms with van der Waals surface area (Å²) in [4.78, 5) is 32.2. The highest BCUT2D eigenvalue weighted by Crippen LogP contribution is 2.25. The Bertz CT molecular complexity index is 900. The number of rotatable bonds is 3. The van der Waals surface area contributed by atoms with Gasteiger partial charge in [0.25, 0.3) is 11.8 Å². The molecule has 27 heavy (non-hydrogen) atoms. The Hall–Kier alpha value is -2.34. The third kappa shape index (κ3) is 3.46. The molecule has 4 rings (SSSR count). The topological polar surface area (TPSA) is 67.2 Å². The maximum Gasteiger partial charge on any atom is 0.291 e. The Labute approximate surface area is 163 Å². The molecule has 142 valence electrons. The fourth-order valence-corrected chi connectivity index (χ4v) is 4.13. The van der Waals surface area contributed by atoms with Crippen LogP contribution >= 0.6 is 11.6 Å². The fourth-order valence-electron chi connectivity index (χ4n) is 3.90. The highest BCUT2D eigenvalue weighted by Gasteiger charge is 2.30. The van der Waals surface area contributed by atoms with Crippen molar-refractivity contribution in [2.45, 2.75) is 45.6 Å². The first kappa shape index (κ1) is 18.0. The summed E-state index contributed by atoms with van der Waals surface area (Å²) in [6, 6.07) is 5.33. The van der Waals surface area contributed by atoms with Crippen molar-refractivity contribution >= 4 is 29.1 Å². The molecule has 0 bridgehead atoms. The molecule has 1 aromatic carbocycles. The number of amides is 2. The van der Waals surface area contributed by atoms with Crippen molar-refractivity contribution in [3.63, 3.8) is 0 Å². The van der Waals surface area contributed by atoms with E-state index in [1.54, 1.807) is 18.2 Å². The molecule has 0 saturated carbocycles. The van der Waals surface area contributed by atoms with Crippen molar-refractivity contribution in [2.24, 2.45) is 0 Å². The van der Waals surface area contributed by atoms with Crippen molar-refractivity contribution in [3.8, 4) is 0 Å². The molecule has 6 nitrogen and oxygen atoms in total. The van der Waals surface area contributed by atoms with E-state index in [-0.39, 0.29) is 11.8 Å². The van der Waals surface area contributed by atoms with Gasteiger partial charge in [0.05, 0.1) is 5.69 Å². The predicted octanol–water partition coefficient (Wildman–Crippen LogP) is 3.67. The molecule has 0 radical (unpaired) electrons. The molecule has 0 aliphatic carbocycles. The van der Waals surface area contributed by atoms with Gasteiger partial charge in [0.15, 0.2) is 5.82 Å². The van der Waals surface area contributed by atoms with Gasteiger partial charge >= 0.3 is 0 Å². The molecule has 0 atom stereocenters. The van der Waals surface area contributed by atoms with E-state index in [1.165, 1.54) is 0 Å². The smallest absolute Gasteiger partial charge is 0.291 e. The standard InChI is InChI=1S/C20H23ClN4O2/c1-13-12-14(21)7-8-15(13)22-19(26)18-23-17(16-6-2-3-11-25(16)18)20(27)24-9-4-5-10-24/h7-8,12H,2-6,9-11H2,1H3,(H,22,26). The minimum Gasteiger partial charge on any atom is -0.337 e. The lowest BCUT2D eigenvalue weighted by Crippen LogP contribution is -2.29. The van der Waals surface area contributed by atoms with Gasteiger partial charge in [-0.05, 0) is 62.8 Å². The zero-order valence-corrected chi connectivity index (χ0v) is 16.2. The van der Waals surface area contributed by atoms with Crippen molar-refractivity contribution in [1.82, 2.24) is 14.5 Å². The van der Waals surface area contributed by atoms with E-state index in [2.05, 4.69) is 10.3 Å². The summed E-state index contributed by atoms with van der Waals surface area (Å²) in [6.07, 6.45) is 4.86. The number of anilines is 1. The Kier molecular flexibility index (Phi) is 4.91. The summed E-state index contributed by atoms with van der Waals surface area (Å²) in [7, 11) is 0. The van der Waals surface area contributed by atoms with Gasteiger partial charge in [0.2, 0.25) is 0 Å². The highest BCUT2D eigenvalue weighted by atomic mass is 35.5. The van der Waals surface area contributed by atoms with Crippen LogP contribution in [0.5, 0.6) is 0 Å². The van der Waals surface area contributed by atoms with Crippen molar-refractivity contribution < 1.29 is 9.59 Å². The van der Waals surface area contributed by atoms with Crippen LogP contribution in [0.1, 0.15) is 58.0 Å². The van der Waals surface area contributed by atoms with Gasteiger partial charge in [-0.1, -0.05) is 11.6 Å². The third-order valence-corrected chi connectivity index (χ3v) is 5.59. The highest BCUT2D eigenvalue weighted by molar-refractivity contribution is 6.30. The summed E-state index contributed by atoms with van der Waals surface area (Å²) in [6.45, 7) is 4.16. The Morgan fingerprint density at radius 1 is 1.11 bits per heavy atom. The zero-order chi connectivity index (χ0) is 19.0. The van der Waals surface area contributed by atoms with Gasteiger partial charge in [-0.3, -0.25) is 9.59 Å². The second kappa shape index (κ2) is 7.35. The number of aryl methyl sites for hydroxylation is 1. The molecule has 2 aliphatic heterocycles. The average Bonchev–Trinajstić information content (AvgIpc) is 3.31. The Morgan fingerprint density at radius 2 is 1.85 bits per heavy atom. The lowest BCUT2D eigenvalue weighted by molar-refractivity contribution is 0.0786. The Morgan fingerprint density at radius 3 is 2.59 bits per heavy atom. The molecule has 1 N–H and O–H groups in total. The normalized spacial score (nSPS) is 16.3. The molecule has 2 amide bonds. The van der Waals surface area contributed by atoms with E-state index >= 15 is 0 Å². The largest absolute Gasteiger partial charge is 0.337 e. The lowest BCUT2D eigenvalue weighted by Gasteiger charge is -2.19. The van der Waals surface area contributed by atoms with E-state index in [9.17, 15) is 9.59 Å². The van der Waals surface area contributed by atoms with Crippen LogP contribution in [0, 0.1) is 6.92 Å². The van der Waals surface area contributed by atoms with Gasteiger partial charge in [0, 0.05) is 30.3 Å². The first-order chi connectivity index (χ1) is 13.0. The fraction of sp³-hybridized carbons (Fsp3) is 0.450. The number of fused-ring (bicyclic) bond motifs is 1. The molecule has 1 aromatic heterocycles. The average molecular weight is 387 g/mol. The van der Waals surface area contributed by atoms with Crippen molar-refractivity contribution in [1.29, 1.82) is 0 Å². The number of carbonyl (C=O) groups excluding carboxylic acids is 2. The van der Waals surface area contributed by atoms with Crippen molar-refractivity contribution in [2.75, 3.05) is 18.4 Å². The van der Waals surface area contributed by atoms with Crippen LogP contribution in [0.25, 0.3) is 0 Å². The summed E-state index contributed by atoms with van der Waals surface area (Å²) >= 11 is 5.99. The summed E-state index contributed by atoms with van der Waals surface area (Å²) in [5.41, 5.74) is 2.94. The maximum atomic E-state index is 12.9. The molecular formula is C20H23ClN4O2. The van der Waals surface area contributed by atoms with Crippen LogP contribution in [0.15, 0.2) is 18.2 Å². The third-order valence-electron chi connectivity index (χ3n) is 5.35. The van der Waals surface area contributed by atoms with Gasteiger partial charge in [-0.25, -0.2) is 4.98 Å². The maximum absolute atomic E-state index is 12.9. The number of imidazole rings is 1. The van der Waals surface area contributed by atoms with Crippen LogP contribution in [0.4, 0.5) is 5.69 Å². The molecule has 7 heteroatoms. The van der Waals surface area contributed by atoms with Crippen LogP contribution in [-0.2, 0) is 13.0 Å². The van der Waals surface area contributed by atoms with Crippen LogP contribution < -0.4 is 5.32 Å². The number of hydrogen-bond donors (Lipinski definition) is 1. The van der Waals surface area contributed by atoms with E-state index in [0.29, 0.717) is 22.2 Å². The number of benzene rings is 1. The number of halogens is 1. The lowest BCUT2D eigenvalue weighted by atomic mass is 10.1. The molecule has 1 fully saturated rings. The number of carbonyl (C=O) groups is 2. The second-order valence-corrected chi connectivity index (χ2v) is 7.69. The van der Waals surface area contributed by atoms with Crippen LogP contribution in [0.2, 0.25) is 5.02 Å². The summed E-state index contributed by atoms with van der Waals surface area (Å²) in [5.74, 6) is -0.00878. The monoisotopic (exact) mass is 386 g/mol. The predicted molar refractivity (Wildman–Crippen MR) is 104 cm³/mol. The number of nitrogens with one attached hydrogen (secondary N) is 1. The minimum atomic E-state index is -0.288. The minimum absolute atomic E-state index is 0.0418. The van der Waals surface area contributed by atoms with Gasteiger partial charge in [-0.15, -0.1) is 0 Å². The Balaban J connectivity index is 1.65. The SMILES string of the molecule is Cc1cc(Cl)ccc1NC(=O)c1nc(C(=O)N2CCCC2)c2n1CCCC2. The molecule has 2 aromatic rings.